The number of benzene rings is 1. The fourth-order valence-electron chi connectivity index (χ4n) is 3.81. The summed E-state index contributed by atoms with van der Waals surface area (Å²) in [6, 6.07) is 8.86. The van der Waals surface area contributed by atoms with E-state index in [2.05, 4.69) is 24.3 Å². The van der Waals surface area contributed by atoms with Crippen molar-refractivity contribution in [1.82, 2.24) is 0 Å². The maximum atomic E-state index is 6.75. The van der Waals surface area contributed by atoms with Crippen molar-refractivity contribution in [2.75, 3.05) is 0 Å². The van der Waals surface area contributed by atoms with Gasteiger partial charge in [0, 0.05) is 5.54 Å². The van der Waals surface area contributed by atoms with Gasteiger partial charge in [-0.3, -0.25) is 0 Å². The molecule has 1 fully saturated rings. The number of hydrogen-bond donors (Lipinski definition) is 1. The number of rotatable bonds is 1. The normalized spacial score (nSPS) is 29.9. The van der Waals surface area contributed by atoms with Crippen molar-refractivity contribution in [2.24, 2.45) is 11.7 Å². The first kappa shape index (κ1) is 11.3. The van der Waals surface area contributed by atoms with Gasteiger partial charge in [0.25, 0.3) is 0 Å². The van der Waals surface area contributed by atoms with Gasteiger partial charge in [0.1, 0.15) is 0 Å². The van der Waals surface area contributed by atoms with Crippen LogP contribution in [0.4, 0.5) is 0 Å². The summed E-state index contributed by atoms with van der Waals surface area (Å²) < 4.78 is 0. The first-order valence-corrected chi connectivity index (χ1v) is 7.14. The molecular weight excluding hydrogens is 206 g/mol. The molecule has 0 radical (unpaired) electrons. The van der Waals surface area contributed by atoms with E-state index in [-0.39, 0.29) is 5.54 Å². The number of fused-ring (bicyclic) bond motifs is 1. The molecule has 1 heteroatoms. The lowest BCUT2D eigenvalue weighted by Gasteiger charge is -2.43. The molecule has 1 unspecified atom stereocenters. The predicted octanol–water partition coefficient (Wildman–Crippen LogP) is 3.45. The molecule has 0 spiro atoms. The van der Waals surface area contributed by atoms with E-state index in [4.69, 9.17) is 5.73 Å². The SMILES string of the molecule is NC1(C2CCCCC2)CCc2ccccc2C1. The average Bonchev–Trinajstić information content (AvgIpc) is 2.40. The second kappa shape index (κ2) is 4.45. The summed E-state index contributed by atoms with van der Waals surface area (Å²) in [5.74, 6) is 0.768. The van der Waals surface area contributed by atoms with Crippen molar-refractivity contribution in [3.8, 4) is 0 Å². The van der Waals surface area contributed by atoms with Crippen LogP contribution < -0.4 is 5.73 Å². The second-order valence-corrected chi connectivity index (χ2v) is 6.01. The zero-order valence-electron chi connectivity index (χ0n) is 10.6. The van der Waals surface area contributed by atoms with Crippen LogP contribution in [0.25, 0.3) is 0 Å². The third kappa shape index (κ3) is 2.13. The minimum atomic E-state index is 0.0920. The van der Waals surface area contributed by atoms with E-state index >= 15 is 0 Å². The smallest absolute Gasteiger partial charge is 0.0226 e. The first-order valence-electron chi connectivity index (χ1n) is 7.14. The lowest BCUT2D eigenvalue weighted by Crippen LogP contribution is -2.52. The summed E-state index contributed by atoms with van der Waals surface area (Å²) in [7, 11) is 0. The Bertz CT molecular complexity index is 392. The third-order valence-electron chi connectivity index (χ3n) is 4.92. The van der Waals surface area contributed by atoms with Gasteiger partial charge >= 0.3 is 0 Å². The highest BCUT2D eigenvalue weighted by Crippen LogP contribution is 2.39. The van der Waals surface area contributed by atoms with Crippen LogP contribution in [0, 0.1) is 5.92 Å². The molecule has 2 aliphatic rings. The van der Waals surface area contributed by atoms with E-state index in [1.54, 1.807) is 0 Å². The summed E-state index contributed by atoms with van der Waals surface area (Å²) in [5, 5.41) is 0. The quantitative estimate of drug-likeness (QED) is 0.784. The van der Waals surface area contributed by atoms with Crippen molar-refractivity contribution >= 4 is 0 Å². The van der Waals surface area contributed by atoms with Crippen molar-refractivity contribution in [1.29, 1.82) is 0 Å². The van der Waals surface area contributed by atoms with Crippen LogP contribution in [0.5, 0.6) is 0 Å². The van der Waals surface area contributed by atoms with Gasteiger partial charge in [-0.05, 0) is 49.1 Å². The van der Waals surface area contributed by atoms with E-state index in [9.17, 15) is 0 Å². The first-order chi connectivity index (χ1) is 8.28. The molecule has 0 saturated heterocycles. The van der Waals surface area contributed by atoms with Gasteiger partial charge in [-0.1, -0.05) is 43.5 Å². The Kier molecular flexibility index (Phi) is 2.96. The Balaban J connectivity index is 1.81. The van der Waals surface area contributed by atoms with Crippen molar-refractivity contribution in [3.05, 3.63) is 35.4 Å². The summed E-state index contributed by atoms with van der Waals surface area (Å²) in [6.45, 7) is 0. The summed E-state index contributed by atoms with van der Waals surface area (Å²) in [6.07, 6.45) is 10.4. The van der Waals surface area contributed by atoms with Crippen LogP contribution >= 0.6 is 0 Å². The Morgan fingerprint density at radius 3 is 2.47 bits per heavy atom. The largest absolute Gasteiger partial charge is 0.325 e. The Morgan fingerprint density at radius 1 is 1.00 bits per heavy atom. The monoisotopic (exact) mass is 229 g/mol. The maximum absolute atomic E-state index is 6.75. The Morgan fingerprint density at radius 2 is 1.71 bits per heavy atom. The third-order valence-corrected chi connectivity index (χ3v) is 4.92. The molecule has 0 aliphatic heterocycles. The summed E-state index contributed by atoms with van der Waals surface area (Å²) >= 11 is 0. The molecule has 0 heterocycles. The fraction of sp³-hybridized carbons (Fsp3) is 0.625. The van der Waals surface area contributed by atoms with Crippen molar-refractivity contribution in [3.63, 3.8) is 0 Å². The molecule has 1 nitrogen and oxygen atoms in total. The average molecular weight is 229 g/mol. The highest BCUT2D eigenvalue weighted by atomic mass is 14.8. The molecule has 1 saturated carbocycles. The van der Waals surface area contributed by atoms with Gasteiger partial charge in [0.2, 0.25) is 0 Å². The van der Waals surface area contributed by atoms with E-state index < -0.39 is 0 Å². The number of nitrogens with two attached hydrogens (primary N) is 1. The van der Waals surface area contributed by atoms with Crippen LogP contribution in [-0.2, 0) is 12.8 Å². The van der Waals surface area contributed by atoms with E-state index in [0.29, 0.717) is 0 Å². The molecule has 1 atom stereocenters. The standard InChI is InChI=1S/C16H23N/c17-16(15-8-2-1-3-9-15)11-10-13-6-4-5-7-14(13)12-16/h4-7,15H,1-3,8-12,17H2. The molecule has 92 valence electrons. The van der Waals surface area contributed by atoms with Gasteiger partial charge in [-0.25, -0.2) is 0 Å². The lowest BCUT2D eigenvalue weighted by molar-refractivity contribution is 0.185. The molecule has 3 rings (SSSR count). The summed E-state index contributed by atoms with van der Waals surface area (Å²) in [5.41, 5.74) is 9.88. The molecular formula is C16H23N. The van der Waals surface area contributed by atoms with Gasteiger partial charge in [0.05, 0.1) is 0 Å². The molecule has 0 aromatic heterocycles. The topological polar surface area (TPSA) is 26.0 Å². The molecule has 17 heavy (non-hydrogen) atoms. The molecule has 1 aromatic rings. The van der Waals surface area contributed by atoms with Crippen molar-refractivity contribution < 1.29 is 0 Å². The predicted molar refractivity (Wildman–Crippen MR) is 72.0 cm³/mol. The molecule has 0 amide bonds. The van der Waals surface area contributed by atoms with Gasteiger partial charge < -0.3 is 5.73 Å². The molecule has 2 N–H and O–H groups in total. The Hall–Kier alpha value is -0.820. The number of aryl methyl sites for hydroxylation is 1. The fourth-order valence-corrected chi connectivity index (χ4v) is 3.81. The molecule has 1 aromatic carbocycles. The minimum Gasteiger partial charge on any atom is -0.325 e. The molecule has 0 bridgehead atoms. The van der Waals surface area contributed by atoms with E-state index in [0.717, 1.165) is 12.3 Å². The minimum absolute atomic E-state index is 0.0920. The molecule has 2 aliphatic carbocycles. The van der Waals surface area contributed by atoms with Gasteiger partial charge in [0.15, 0.2) is 0 Å². The lowest BCUT2D eigenvalue weighted by atomic mass is 9.67. The van der Waals surface area contributed by atoms with Crippen molar-refractivity contribution in [2.45, 2.75) is 56.9 Å². The van der Waals surface area contributed by atoms with Gasteiger partial charge in [-0.15, -0.1) is 0 Å². The second-order valence-electron chi connectivity index (χ2n) is 6.01. The number of hydrogen-bond acceptors (Lipinski definition) is 1. The maximum Gasteiger partial charge on any atom is 0.0226 e. The highest BCUT2D eigenvalue weighted by molar-refractivity contribution is 5.32. The Labute approximate surface area is 104 Å². The van der Waals surface area contributed by atoms with Crippen LogP contribution in [0.15, 0.2) is 24.3 Å². The van der Waals surface area contributed by atoms with Crippen LogP contribution in [0.1, 0.15) is 49.7 Å². The van der Waals surface area contributed by atoms with Crippen LogP contribution in [0.2, 0.25) is 0 Å². The highest BCUT2D eigenvalue weighted by Gasteiger charge is 2.37. The summed E-state index contributed by atoms with van der Waals surface area (Å²) in [4.78, 5) is 0. The van der Waals surface area contributed by atoms with E-state index in [1.165, 1.54) is 56.1 Å². The zero-order valence-corrected chi connectivity index (χ0v) is 10.6. The van der Waals surface area contributed by atoms with Crippen LogP contribution in [-0.4, -0.2) is 5.54 Å². The zero-order chi connectivity index (χ0) is 11.7. The van der Waals surface area contributed by atoms with Crippen LogP contribution in [0.3, 0.4) is 0 Å². The van der Waals surface area contributed by atoms with E-state index in [1.807, 2.05) is 0 Å². The van der Waals surface area contributed by atoms with Gasteiger partial charge in [-0.2, -0.15) is 0 Å².